The van der Waals surface area contributed by atoms with Crippen LogP contribution in [0.1, 0.15) is 12.8 Å². The number of azide groups is 1. The Hall–Kier alpha value is -2.58. The van der Waals surface area contributed by atoms with Crippen LogP contribution in [0.25, 0.3) is 10.4 Å². The van der Waals surface area contributed by atoms with E-state index in [0.29, 0.717) is 35.7 Å². The fourth-order valence-corrected chi connectivity index (χ4v) is 1.55. The van der Waals surface area contributed by atoms with Crippen molar-refractivity contribution in [3.63, 3.8) is 0 Å². The second kappa shape index (κ2) is 4.51. The number of nitrogens with two attached hydrogens (primary N) is 1. The highest BCUT2D eigenvalue weighted by molar-refractivity contribution is 5.34. The molecule has 0 amide bonds. The molecular formula is C10H9N5O2. The van der Waals surface area contributed by atoms with Crippen LogP contribution in [0, 0.1) is 11.3 Å². The van der Waals surface area contributed by atoms with Gasteiger partial charge >= 0.3 is 0 Å². The molecule has 17 heavy (non-hydrogen) atoms. The maximum Gasteiger partial charge on any atom is 0.204 e. The number of hydrogen-bond acceptors (Lipinski definition) is 5. The molecule has 2 N–H and O–H groups in total. The highest BCUT2D eigenvalue weighted by atomic mass is 16.5. The molecule has 0 fully saturated rings. The Kier molecular flexibility index (Phi) is 2.90. The van der Waals surface area contributed by atoms with E-state index >= 15 is 0 Å². The van der Waals surface area contributed by atoms with Crippen molar-refractivity contribution in [2.45, 2.75) is 12.8 Å². The lowest BCUT2D eigenvalue weighted by Crippen LogP contribution is -2.17. The van der Waals surface area contributed by atoms with E-state index < -0.39 is 0 Å². The molecule has 0 aromatic rings. The van der Waals surface area contributed by atoms with Gasteiger partial charge in [-0.1, -0.05) is 5.11 Å². The molecule has 2 rings (SSSR count). The van der Waals surface area contributed by atoms with Crippen LogP contribution < -0.4 is 5.73 Å². The molecule has 7 heteroatoms. The monoisotopic (exact) mass is 231 g/mol. The van der Waals surface area contributed by atoms with Crippen LogP contribution in [0.4, 0.5) is 0 Å². The Morgan fingerprint density at radius 2 is 2.35 bits per heavy atom. The largest absolute Gasteiger partial charge is 0.462 e. The number of nitriles is 1. The molecule has 86 valence electrons. The van der Waals surface area contributed by atoms with Gasteiger partial charge in [0, 0.05) is 17.8 Å². The van der Waals surface area contributed by atoms with Crippen molar-refractivity contribution in [3.8, 4) is 6.07 Å². The van der Waals surface area contributed by atoms with Crippen molar-refractivity contribution in [2.75, 3.05) is 6.54 Å². The van der Waals surface area contributed by atoms with Gasteiger partial charge in [-0.05, 0) is 11.6 Å². The molecule has 2 aliphatic heterocycles. The van der Waals surface area contributed by atoms with Crippen LogP contribution in [0.15, 0.2) is 39.9 Å². The maximum absolute atomic E-state index is 8.83. The number of rotatable bonds is 2. The van der Waals surface area contributed by atoms with Crippen molar-refractivity contribution >= 4 is 0 Å². The summed E-state index contributed by atoms with van der Waals surface area (Å²) in [6, 6.07) is 1.96. The van der Waals surface area contributed by atoms with Crippen molar-refractivity contribution in [2.24, 2.45) is 10.8 Å². The number of ether oxygens (including phenoxy) is 2. The second-order valence-corrected chi connectivity index (χ2v) is 3.45. The minimum atomic E-state index is 0.127. The summed E-state index contributed by atoms with van der Waals surface area (Å²) in [7, 11) is 0. The zero-order valence-electron chi connectivity index (χ0n) is 8.88. The Balaban J connectivity index is 2.10. The van der Waals surface area contributed by atoms with E-state index in [2.05, 4.69) is 10.0 Å². The van der Waals surface area contributed by atoms with Crippen LogP contribution in [0.5, 0.6) is 0 Å². The third-order valence-electron chi connectivity index (χ3n) is 2.37. The van der Waals surface area contributed by atoms with E-state index in [0.717, 1.165) is 0 Å². The molecule has 0 aromatic heterocycles. The standard InChI is InChI=1S/C10H9N5O2/c11-4-6-3-9-8(17-10(6)12)2-1-7(16-9)5-14-15-13/h1H,2-3,5,12H2. The Labute approximate surface area is 97.0 Å². The third kappa shape index (κ3) is 2.17. The van der Waals surface area contributed by atoms with Gasteiger partial charge in [0.05, 0.1) is 12.1 Å². The van der Waals surface area contributed by atoms with Gasteiger partial charge < -0.3 is 15.2 Å². The maximum atomic E-state index is 8.83. The topological polar surface area (TPSA) is 117 Å². The van der Waals surface area contributed by atoms with Crippen LogP contribution in [-0.4, -0.2) is 6.54 Å². The molecule has 2 aliphatic rings. The van der Waals surface area contributed by atoms with Crippen LogP contribution in [0.3, 0.4) is 0 Å². The lowest BCUT2D eigenvalue weighted by atomic mass is 10.1. The molecule has 0 aromatic carbocycles. The molecule has 0 radical (unpaired) electrons. The molecule has 0 atom stereocenters. The summed E-state index contributed by atoms with van der Waals surface area (Å²) < 4.78 is 10.8. The van der Waals surface area contributed by atoms with E-state index in [9.17, 15) is 0 Å². The summed E-state index contributed by atoms with van der Waals surface area (Å²) >= 11 is 0. The van der Waals surface area contributed by atoms with Crippen molar-refractivity contribution in [1.29, 1.82) is 5.26 Å². The molecule has 0 spiro atoms. The van der Waals surface area contributed by atoms with Crippen molar-refractivity contribution < 1.29 is 9.47 Å². The first-order valence-electron chi connectivity index (χ1n) is 4.91. The summed E-state index contributed by atoms with van der Waals surface area (Å²) in [6.45, 7) is 0.147. The van der Waals surface area contributed by atoms with Crippen LogP contribution in [-0.2, 0) is 9.47 Å². The number of nitrogens with zero attached hydrogens (tertiary/aromatic N) is 4. The predicted octanol–water partition coefficient (Wildman–Crippen LogP) is 1.93. The lowest BCUT2D eigenvalue weighted by molar-refractivity contribution is 0.194. The highest BCUT2D eigenvalue weighted by Gasteiger charge is 2.25. The number of hydrogen-bond donors (Lipinski definition) is 1. The average Bonchev–Trinajstić information content (AvgIpc) is 2.35. The summed E-state index contributed by atoms with van der Waals surface area (Å²) in [5.74, 6) is 1.84. The van der Waals surface area contributed by atoms with E-state index in [1.165, 1.54) is 0 Å². The minimum Gasteiger partial charge on any atom is -0.462 e. The van der Waals surface area contributed by atoms with Crippen molar-refractivity contribution in [1.82, 2.24) is 0 Å². The average molecular weight is 231 g/mol. The van der Waals surface area contributed by atoms with Crippen LogP contribution in [0.2, 0.25) is 0 Å². The molecule has 0 saturated carbocycles. The first-order valence-corrected chi connectivity index (χ1v) is 4.91. The summed E-state index contributed by atoms with van der Waals surface area (Å²) in [4.78, 5) is 2.65. The van der Waals surface area contributed by atoms with Gasteiger partial charge in [0.2, 0.25) is 5.88 Å². The summed E-state index contributed by atoms with van der Waals surface area (Å²) in [5.41, 5.74) is 14.1. The van der Waals surface area contributed by atoms with Gasteiger partial charge in [-0.25, -0.2) is 0 Å². The summed E-state index contributed by atoms with van der Waals surface area (Å²) in [6.07, 6.45) is 2.59. The quantitative estimate of drug-likeness (QED) is 0.443. The lowest BCUT2D eigenvalue weighted by Gasteiger charge is -2.24. The number of allylic oxidation sites excluding steroid dienone is 2. The van der Waals surface area contributed by atoms with E-state index in [1.807, 2.05) is 6.07 Å². The molecule has 7 nitrogen and oxygen atoms in total. The Morgan fingerprint density at radius 1 is 1.53 bits per heavy atom. The van der Waals surface area contributed by atoms with Gasteiger partial charge in [-0.15, -0.1) is 0 Å². The molecule has 0 unspecified atom stereocenters. The van der Waals surface area contributed by atoms with Gasteiger partial charge in [0.15, 0.2) is 0 Å². The summed E-state index contributed by atoms with van der Waals surface area (Å²) in [5, 5.41) is 12.2. The first kappa shape index (κ1) is 10.9. The molecule has 0 saturated heterocycles. The smallest absolute Gasteiger partial charge is 0.204 e. The predicted molar refractivity (Wildman–Crippen MR) is 57.4 cm³/mol. The zero-order valence-corrected chi connectivity index (χ0v) is 8.88. The molecule has 0 aliphatic carbocycles. The molecule has 2 heterocycles. The zero-order chi connectivity index (χ0) is 12.3. The molecule has 0 bridgehead atoms. The molecular weight excluding hydrogens is 222 g/mol. The second-order valence-electron chi connectivity index (χ2n) is 3.45. The van der Waals surface area contributed by atoms with E-state index in [4.69, 9.17) is 26.0 Å². The third-order valence-corrected chi connectivity index (χ3v) is 2.37. The van der Waals surface area contributed by atoms with E-state index in [-0.39, 0.29) is 12.4 Å². The fourth-order valence-electron chi connectivity index (χ4n) is 1.55. The first-order chi connectivity index (χ1) is 8.24. The minimum absolute atomic E-state index is 0.127. The normalized spacial score (nSPS) is 18.2. The van der Waals surface area contributed by atoms with Gasteiger partial charge in [0.25, 0.3) is 0 Å². The SMILES string of the molecule is N#CC1=C(N)OC2=C(C1)OC(CN=[N+]=[N-])=CC2. The van der Waals surface area contributed by atoms with Crippen LogP contribution >= 0.6 is 0 Å². The fraction of sp³-hybridized carbons (Fsp3) is 0.300. The van der Waals surface area contributed by atoms with Gasteiger partial charge in [0.1, 0.15) is 23.3 Å². The Bertz CT molecular complexity index is 531. The van der Waals surface area contributed by atoms with E-state index in [1.54, 1.807) is 6.08 Å². The Morgan fingerprint density at radius 3 is 3.06 bits per heavy atom. The van der Waals surface area contributed by atoms with Crippen molar-refractivity contribution in [3.05, 3.63) is 45.3 Å². The van der Waals surface area contributed by atoms with Gasteiger partial charge in [-0.2, -0.15) is 5.26 Å². The highest BCUT2D eigenvalue weighted by Crippen LogP contribution is 2.32. The van der Waals surface area contributed by atoms with Gasteiger partial charge in [-0.3, -0.25) is 0 Å².